The molecule has 0 saturated heterocycles. The molecule has 0 aliphatic heterocycles. The molecule has 0 aromatic carbocycles. The number of hydrogen-bond acceptors (Lipinski definition) is 4. The summed E-state index contributed by atoms with van der Waals surface area (Å²) in [5, 5.41) is 0.0240. The van der Waals surface area contributed by atoms with Crippen LogP contribution >= 0.6 is 19.9 Å². The van der Waals surface area contributed by atoms with Crippen LogP contribution in [0.15, 0.2) is 5.03 Å². The topological polar surface area (TPSA) is 52.6 Å². The summed E-state index contributed by atoms with van der Waals surface area (Å²) >= 11 is 5.27. The van der Waals surface area contributed by atoms with Crippen molar-refractivity contribution in [2.75, 3.05) is 13.7 Å². The first kappa shape index (κ1) is 10.9. The third-order valence-electron chi connectivity index (χ3n) is 0.819. The zero-order valence-electron chi connectivity index (χ0n) is 5.93. The highest BCUT2D eigenvalue weighted by Gasteiger charge is 1.97. The molecule has 0 aliphatic rings. The van der Waals surface area contributed by atoms with Crippen molar-refractivity contribution in [1.29, 1.82) is 0 Å². The van der Waals surface area contributed by atoms with E-state index in [2.05, 4.69) is 9.05 Å². The number of halogens is 1. The van der Waals surface area contributed by atoms with E-state index in [0.717, 1.165) is 0 Å². The van der Waals surface area contributed by atoms with Gasteiger partial charge in [0.15, 0.2) is 0 Å². The lowest BCUT2D eigenvalue weighted by molar-refractivity contribution is 0.260. The zero-order chi connectivity index (χ0) is 8.69. The SMILES string of the molecule is CO[PH](=O)OCCC(Cl)=C=O. The van der Waals surface area contributed by atoms with Gasteiger partial charge >= 0.3 is 8.25 Å². The van der Waals surface area contributed by atoms with Gasteiger partial charge in [-0.1, -0.05) is 11.6 Å². The summed E-state index contributed by atoms with van der Waals surface area (Å²) in [7, 11) is -1.11. The Balaban J connectivity index is 3.42. The molecule has 0 bridgehead atoms. The Labute approximate surface area is 70.1 Å². The van der Waals surface area contributed by atoms with Crippen molar-refractivity contribution in [2.45, 2.75) is 6.42 Å². The zero-order valence-corrected chi connectivity index (χ0v) is 7.68. The molecule has 0 N–H and O–H groups in total. The van der Waals surface area contributed by atoms with Crippen molar-refractivity contribution < 1.29 is 18.4 Å². The van der Waals surface area contributed by atoms with Crippen molar-refractivity contribution in [3.8, 4) is 0 Å². The second-order valence-corrected chi connectivity index (χ2v) is 3.21. The van der Waals surface area contributed by atoms with Gasteiger partial charge < -0.3 is 9.05 Å². The van der Waals surface area contributed by atoms with Gasteiger partial charge in [-0.15, -0.1) is 0 Å². The largest absolute Gasteiger partial charge is 0.318 e. The normalized spacial score (nSPS) is 12.2. The van der Waals surface area contributed by atoms with Gasteiger partial charge in [0.25, 0.3) is 0 Å². The second kappa shape index (κ2) is 6.59. The van der Waals surface area contributed by atoms with Crippen molar-refractivity contribution in [3.05, 3.63) is 5.03 Å². The first-order valence-electron chi connectivity index (χ1n) is 2.81. The maximum atomic E-state index is 10.5. The molecule has 4 nitrogen and oxygen atoms in total. The van der Waals surface area contributed by atoms with Crippen LogP contribution in [-0.4, -0.2) is 19.7 Å². The average molecular weight is 199 g/mol. The predicted molar refractivity (Wildman–Crippen MR) is 41.6 cm³/mol. The number of rotatable bonds is 5. The summed E-state index contributed by atoms with van der Waals surface area (Å²) in [6, 6.07) is 0. The number of carbonyl (C=O) groups excluding carboxylic acids is 1. The third-order valence-corrected chi connectivity index (χ3v) is 1.86. The van der Waals surface area contributed by atoms with Crippen molar-refractivity contribution >= 4 is 25.8 Å². The lowest BCUT2D eigenvalue weighted by atomic mass is 10.4. The lowest BCUT2D eigenvalue weighted by Gasteiger charge is -1.98. The maximum Gasteiger partial charge on any atom is 0.318 e. The van der Waals surface area contributed by atoms with Crippen LogP contribution in [0.1, 0.15) is 6.42 Å². The van der Waals surface area contributed by atoms with Gasteiger partial charge in [0.05, 0.1) is 6.61 Å². The van der Waals surface area contributed by atoms with Crippen LogP contribution in [0.2, 0.25) is 0 Å². The van der Waals surface area contributed by atoms with Crippen molar-refractivity contribution in [3.63, 3.8) is 0 Å². The van der Waals surface area contributed by atoms with Gasteiger partial charge in [-0.2, -0.15) is 0 Å². The summed E-state index contributed by atoms with van der Waals surface area (Å²) in [6.45, 7) is 0.111. The molecule has 0 rings (SSSR count). The van der Waals surface area contributed by atoms with E-state index in [1.54, 1.807) is 0 Å². The molecule has 64 valence electrons. The van der Waals surface area contributed by atoms with Crippen LogP contribution in [0.25, 0.3) is 0 Å². The Hall–Kier alpha value is -0.110. The smallest absolute Gasteiger partial charge is 0.314 e. The predicted octanol–water partition coefficient (Wildman–Crippen LogP) is 1.38. The molecule has 0 amide bonds. The molecule has 0 fully saturated rings. The highest BCUT2D eigenvalue weighted by atomic mass is 35.5. The van der Waals surface area contributed by atoms with E-state index in [4.69, 9.17) is 11.6 Å². The van der Waals surface area contributed by atoms with Gasteiger partial charge in [-0.3, -0.25) is 4.57 Å². The molecule has 1 atom stereocenters. The Morgan fingerprint density at radius 1 is 1.73 bits per heavy atom. The van der Waals surface area contributed by atoms with E-state index >= 15 is 0 Å². The molecule has 0 aromatic heterocycles. The van der Waals surface area contributed by atoms with E-state index in [-0.39, 0.29) is 18.1 Å². The fraction of sp³-hybridized carbons (Fsp3) is 0.600. The maximum absolute atomic E-state index is 10.5. The van der Waals surface area contributed by atoms with Gasteiger partial charge in [0.2, 0.25) is 0 Å². The highest BCUT2D eigenvalue weighted by Crippen LogP contribution is 2.22. The van der Waals surface area contributed by atoms with Crippen LogP contribution in [0.5, 0.6) is 0 Å². The van der Waals surface area contributed by atoms with Crippen LogP contribution < -0.4 is 0 Å². The average Bonchev–Trinajstić information content (AvgIpc) is 2.04. The molecule has 0 spiro atoms. The molecule has 6 heteroatoms. The summed E-state index contributed by atoms with van der Waals surface area (Å²) < 4.78 is 19.4. The Kier molecular flexibility index (Phi) is 6.52. The minimum atomic E-state index is -2.38. The second-order valence-electron chi connectivity index (χ2n) is 1.56. The first-order chi connectivity index (χ1) is 5.20. The van der Waals surface area contributed by atoms with Gasteiger partial charge in [-0.25, -0.2) is 4.79 Å². The lowest BCUT2D eigenvalue weighted by Crippen LogP contribution is -1.87. The molecular formula is C5H8ClO4P. The molecule has 0 radical (unpaired) electrons. The van der Waals surface area contributed by atoms with Crippen LogP contribution in [0, 0.1) is 0 Å². The van der Waals surface area contributed by atoms with Gasteiger partial charge in [-0.05, 0) is 0 Å². The van der Waals surface area contributed by atoms with E-state index in [1.807, 2.05) is 0 Å². The van der Waals surface area contributed by atoms with Crippen LogP contribution in [0.4, 0.5) is 0 Å². The van der Waals surface area contributed by atoms with E-state index in [0.29, 0.717) is 0 Å². The Morgan fingerprint density at radius 3 is 2.82 bits per heavy atom. The standard InChI is InChI=1S/C5H8ClO4P/c1-9-11(8)10-3-2-5(6)4-7/h11H,2-3H2,1H3. The van der Waals surface area contributed by atoms with Crippen LogP contribution in [0.3, 0.4) is 0 Å². The fourth-order valence-electron chi connectivity index (χ4n) is 0.334. The monoisotopic (exact) mass is 198 g/mol. The van der Waals surface area contributed by atoms with Gasteiger partial charge in [0, 0.05) is 13.5 Å². The van der Waals surface area contributed by atoms with Gasteiger partial charge in [0.1, 0.15) is 11.0 Å². The fourth-order valence-corrected chi connectivity index (χ4v) is 0.798. The van der Waals surface area contributed by atoms with Crippen LogP contribution in [-0.2, 0) is 18.4 Å². The third kappa shape index (κ3) is 6.29. The Bertz CT molecular complexity index is 187. The van der Waals surface area contributed by atoms with Crippen molar-refractivity contribution in [2.24, 2.45) is 0 Å². The number of hydrogen-bond donors (Lipinski definition) is 0. The van der Waals surface area contributed by atoms with E-state index in [9.17, 15) is 9.36 Å². The summed E-state index contributed by atoms with van der Waals surface area (Å²) in [5.41, 5.74) is 0. The molecule has 0 saturated carbocycles. The quantitative estimate of drug-likeness (QED) is 0.495. The molecule has 0 aliphatic carbocycles. The first-order valence-corrected chi connectivity index (χ1v) is 4.41. The summed E-state index contributed by atoms with van der Waals surface area (Å²) in [6.07, 6.45) is 0.213. The minimum absolute atomic E-state index is 0.0240. The van der Waals surface area contributed by atoms with Crippen molar-refractivity contribution in [1.82, 2.24) is 0 Å². The molecule has 11 heavy (non-hydrogen) atoms. The minimum Gasteiger partial charge on any atom is -0.314 e. The molecule has 0 aromatic rings. The van der Waals surface area contributed by atoms with E-state index in [1.165, 1.54) is 13.1 Å². The molecule has 0 heterocycles. The summed E-state index contributed by atoms with van der Waals surface area (Å²) in [5.74, 6) is 1.48. The molecular weight excluding hydrogens is 190 g/mol. The Morgan fingerprint density at radius 2 is 2.36 bits per heavy atom. The van der Waals surface area contributed by atoms with E-state index < -0.39 is 8.25 Å². The highest BCUT2D eigenvalue weighted by molar-refractivity contribution is 7.33. The molecule has 1 unspecified atom stereocenters. The summed E-state index contributed by atoms with van der Waals surface area (Å²) in [4.78, 5) is 9.80.